The zero-order valence-electron chi connectivity index (χ0n) is 20.2. The van der Waals surface area contributed by atoms with Gasteiger partial charge in [0.1, 0.15) is 12.3 Å². The molecule has 0 atom stereocenters. The molecule has 0 saturated carbocycles. The molecule has 34 heavy (non-hydrogen) atoms. The van der Waals surface area contributed by atoms with Crippen molar-refractivity contribution < 1.29 is 17.9 Å². The van der Waals surface area contributed by atoms with Crippen LogP contribution in [0.15, 0.2) is 71.6 Å². The number of nitrogens with one attached hydrogen (secondary N) is 1. The minimum Gasteiger partial charge on any atom is -0.496 e. The SMILES string of the molecule is COc1ccccc1CCCNC(=O)CN(c1ccc(C)cc1C)S(=O)(=O)c1ccc(C)cc1. The third kappa shape index (κ3) is 6.17. The van der Waals surface area contributed by atoms with Crippen molar-refractivity contribution in [2.75, 3.05) is 24.5 Å². The summed E-state index contributed by atoms with van der Waals surface area (Å²) in [6.45, 7) is 5.84. The second kappa shape index (κ2) is 11.2. The molecule has 0 aliphatic rings. The Kier molecular flexibility index (Phi) is 8.34. The first-order chi connectivity index (χ1) is 16.2. The Morgan fingerprint density at radius 3 is 2.29 bits per heavy atom. The van der Waals surface area contributed by atoms with Crippen LogP contribution >= 0.6 is 0 Å². The van der Waals surface area contributed by atoms with Crippen LogP contribution in [0, 0.1) is 20.8 Å². The Hall–Kier alpha value is -3.32. The lowest BCUT2D eigenvalue weighted by Gasteiger charge is -2.26. The molecular weight excluding hydrogens is 448 g/mol. The molecule has 0 aromatic heterocycles. The molecule has 3 aromatic rings. The lowest BCUT2D eigenvalue weighted by molar-refractivity contribution is -0.119. The van der Waals surface area contributed by atoms with Gasteiger partial charge >= 0.3 is 0 Å². The van der Waals surface area contributed by atoms with Crippen LogP contribution in [0.25, 0.3) is 0 Å². The summed E-state index contributed by atoms with van der Waals surface area (Å²) in [7, 11) is -2.29. The zero-order chi connectivity index (χ0) is 24.7. The van der Waals surface area contributed by atoms with Crippen molar-refractivity contribution >= 4 is 21.6 Å². The average molecular weight is 481 g/mol. The van der Waals surface area contributed by atoms with E-state index in [-0.39, 0.29) is 17.3 Å². The Bertz CT molecular complexity index is 1240. The minimum absolute atomic E-state index is 0.155. The molecule has 1 amide bonds. The number of nitrogens with zero attached hydrogens (tertiary/aromatic N) is 1. The van der Waals surface area contributed by atoms with Gasteiger partial charge in [-0.25, -0.2) is 8.42 Å². The van der Waals surface area contributed by atoms with Gasteiger partial charge in [-0.3, -0.25) is 9.10 Å². The molecule has 0 spiro atoms. The number of carbonyl (C=O) groups is 1. The number of rotatable bonds is 10. The lowest BCUT2D eigenvalue weighted by Crippen LogP contribution is -2.41. The number of para-hydroxylation sites is 1. The van der Waals surface area contributed by atoms with E-state index in [0.717, 1.165) is 34.4 Å². The Labute approximate surface area is 202 Å². The topological polar surface area (TPSA) is 75.7 Å². The maximum Gasteiger partial charge on any atom is 0.264 e. The number of aryl methyl sites for hydroxylation is 4. The highest BCUT2D eigenvalue weighted by atomic mass is 32.2. The van der Waals surface area contributed by atoms with E-state index in [0.29, 0.717) is 18.7 Å². The van der Waals surface area contributed by atoms with Crippen LogP contribution in [0.1, 0.15) is 28.7 Å². The van der Waals surface area contributed by atoms with Gasteiger partial charge in [0.05, 0.1) is 17.7 Å². The fourth-order valence-electron chi connectivity index (χ4n) is 3.82. The summed E-state index contributed by atoms with van der Waals surface area (Å²) in [5.41, 5.74) is 4.34. The smallest absolute Gasteiger partial charge is 0.264 e. The first kappa shape index (κ1) is 25.3. The maximum atomic E-state index is 13.5. The number of benzene rings is 3. The number of carbonyl (C=O) groups excluding carboxylic acids is 1. The molecule has 0 aliphatic carbocycles. The Balaban J connectivity index is 1.75. The number of anilines is 1. The fourth-order valence-corrected chi connectivity index (χ4v) is 5.31. The first-order valence-corrected chi connectivity index (χ1v) is 12.7. The van der Waals surface area contributed by atoms with Crippen LogP contribution in [0.3, 0.4) is 0 Å². The van der Waals surface area contributed by atoms with E-state index in [1.54, 1.807) is 37.4 Å². The maximum absolute atomic E-state index is 13.5. The number of methoxy groups -OCH3 is 1. The van der Waals surface area contributed by atoms with Crippen LogP contribution in [0.4, 0.5) is 5.69 Å². The van der Waals surface area contributed by atoms with Crippen molar-refractivity contribution in [3.8, 4) is 5.75 Å². The van der Waals surface area contributed by atoms with Crippen LogP contribution in [0.5, 0.6) is 5.75 Å². The van der Waals surface area contributed by atoms with Crippen molar-refractivity contribution in [1.29, 1.82) is 0 Å². The number of hydrogen-bond donors (Lipinski definition) is 1. The summed E-state index contributed by atoms with van der Waals surface area (Å²) in [5.74, 6) is 0.467. The van der Waals surface area contributed by atoms with Crippen LogP contribution in [-0.2, 0) is 21.2 Å². The molecule has 0 heterocycles. The molecule has 0 radical (unpaired) electrons. The average Bonchev–Trinajstić information content (AvgIpc) is 2.81. The molecule has 0 aliphatic heterocycles. The van der Waals surface area contributed by atoms with Crippen molar-refractivity contribution in [2.45, 2.75) is 38.5 Å². The third-order valence-electron chi connectivity index (χ3n) is 5.65. The largest absolute Gasteiger partial charge is 0.496 e. The zero-order valence-corrected chi connectivity index (χ0v) is 21.0. The van der Waals surface area contributed by atoms with Gasteiger partial charge < -0.3 is 10.1 Å². The summed E-state index contributed by atoms with van der Waals surface area (Å²) in [6.07, 6.45) is 1.45. The lowest BCUT2D eigenvalue weighted by atomic mass is 10.1. The van der Waals surface area contributed by atoms with Crippen molar-refractivity contribution in [3.05, 3.63) is 89.0 Å². The number of sulfonamides is 1. The highest BCUT2D eigenvalue weighted by Crippen LogP contribution is 2.27. The Morgan fingerprint density at radius 2 is 1.62 bits per heavy atom. The highest BCUT2D eigenvalue weighted by molar-refractivity contribution is 7.92. The molecule has 3 rings (SSSR count). The van der Waals surface area contributed by atoms with Gasteiger partial charge in [-0.1, -0.05) is 53.6 Å². The molecule has 6 nitrogen and oxygen atoms in total. The van der Waals surface area contributed by atoms with Crippen molar-refractivity contribution in [2.24, 2.45) is 0 Å². The van der Waals surface area contributed by atoms with E-state index in [4.69, 9.17) is 4.74 Å². The predicted octanol–water partition coefficient (Wildman–Crippen LogP) is 4.56. The van der Waals surface area contributed by atoms with Gasteiger partial charge in [0.25, 0.3) is 10.0 Å². The Morgan fingerprint density at radius 1 is 0.941 bits per heavy atom. The standard InChI is InChI=1S/C27H32N2O4S/c1-20-11-14-24(15-12-20)34(31,32)29(25-16-13-21(2)18-22(25)3)19-27(30)28-17-7-9-23-8-5-6-10-26(23)33-4/h5-6,8,10-16,18H,7,9,17,19H2,1-4H3,(H,28,30). The van der Waals surface area contributed by atoms with Crippen LogP contribution in [-0.4, -0.2) is 34.5 Å². The van der Waals surface area contributed by atoms with E-state index in [9.17, 15) is 13.2 Å². The van der Waals surface area contributed by atoms with Crippen molar-refractivity contribution in [1.82, 2.24) is 5.32 Å². The van der Waals surface area contributed by atoms with Crippen LogP contribution in [0.2, 0.25) is 0 Å². The minimum atomic E-state index is -3.93. The normalized spacial score (nSPS) is 11.2. The van der Waals surface area contributed by atoms with Crippen molar-refractivity contribution in [3.63, 3.8) is 0 Å². The number of hydrogen-bond acceptors (Lipinski definition) is 4. The van der Waals surface area contributed by atoms with E-state index >= 15 is 0 Å². The number of ether oxygens (including phenoxy) is 1. The van der Waals surface area contributed by atoms with E-state index in [1.165, 1.54) is 4.31 Å². The van der Waals surface area contributed by atoms with Gasteiger partial charge in [-0.05, 0) is 69.0 Å². The fraction of sp³-hybridized carbons (Fsp3) is 0.296. The summed E-state index contributed by atoms with van der Waals surface area (Å²) in [6, 6.07) is 20.0. The number of amides is 1. The van der Waals surface area contributed by atoms with Crippen LogP contribution < -0.4 is 14.4 Å². The second-order valence-corrected chi connectivity index (χ2v) is 10.2. The summed E-state index contributed by atoms with van der Waals surface area (Å²) in [5, 5.41) is 2.87. The quantitative estimate of drug-likeness (QED) is 0.432. The van der Waals surface area contributed by atoms with Gasteiger partial charge in [-0.2, -0.15) is 0 Å². The van der Waals surface area contributed by atoms with Gasteiger partial charge in [0.15, 0.2) is 0 Å². The molecule has 1 N–H and O–H groups in total. The first-order valence-electron chi connectivity index (χ1n) is 11.3. The molecular formula is C27H32N2O4S. The second-order valence-electron chi connectivity index (χ2n) is 8.38. The summed E-state index contributed by atoms with van der Waals surface area (Å²) >= 11 is 0. The molecule has 0 bridgehead atoms. The van der Waals surface area contributed by atoms with E-state index < -0.39 is 10.0 Å². The third-order valence-corrected chi connectivity index (χ3v) is 7.43. The molecule has 180 valence electrons. The summed E-state index contributed by atoms with van der Waals surface area (Å²) in [4.78, 5) is 13.0. The van der Waals surface area contributed by atoms with E-state index in [1.807, 2.05) is 57.2 Å². The monoisotopic (exact) mass is 480 g/mol. The van der Waals surface area contributed by atoms with E-state index in [2.05, 4.69) is 5.32 Å². The van der Waals surface area contributed by atoms with Gasteiger partial charge in [0, 0.05) is 6.54 Å². The molecule has 0 saturated heterocycles. The van der Waals surface area contributed by atoms with Gasteiger partial charge in [-0.15, -0.1) is 0 Å². The highest BCUT2D eigenvalue weighted by Gasteiger charge is 2.28. The molecule has 3 aromatic carbocycles. The van der Waals surface area contributed by atoms with Gasteiger partial charge in [0.2, 0.25) is 5.91 Å². The predicted molar refractivity (Wildman–Crippen MR) is 136 cm³/mol. The molecule has 7 heteroatoms. The summed E-state index contributed by atoms with van der Waals surface area (Å²) < 4.78 is 33.6. The molecule has 0 fully saturated rings. The molecule has 0 unspecified atom stereocenters.